The number of nitrogens with one attached hydrogen (secondary N) is 1. The van der Waals surface area contributed by atoms with E-state index in [0.717, 1.165) is 31.1 Å². The Morgan fingerprint density at radius 2 is 1.88 bits per heavy atom. The standard InChI is InChI=1S/C20H25NO5/c1-24-12-16-15-10-6-7-11-17(15)26-19(16)20(23)25-13-18(22)21-14-8-4-2-3-5-9-14/h6-7,10-11,14H,2-5,8-9,12-13H2,1H3,(H,21,22). The molecule has 0 atom stereocenters. The second-order valence-corrected chi connectivity index (χ2v) is 6.67. The average Bonchev–Trinajstić information content (AvgIpc) is 2.82. The summed E-state index contributed by atoms with van der Waals surface area (Å²) in [6, 6.07) is 7.52. The lowest BCUT2D eigenvalue weighted by atomic mass is 10.1. The first-order chi connectivity index (χ1) is 12.7. The largest absolute Gasteiger partial charge is 0.450 e. The molecule has 1 aliphatic rings. The van der Waals surface area contributed by atoms with Crippen LogP contribution in [0.1, 0.15) is 54.6 Å². The maximum atomic E-state index is 12.4. The smallest absolute Gasteiger partial charge is 0.375 e. The summed E-state index contributed by atoms with van der Waals surface area (Å²) < 4.78 is 16.0. The zero-order chi connectivity index (χ0) is 18.4. The number of benzene rings is 1. The van der Waals surface area contributed by atoms with Crippen LogP contribution in [-0.2, 0) is 20.9 Å². The van der Waals surface area contributed by atoms with Gasteiger partial charge in [0.2, 0.25) is 5.76 Å². The van der Waals surface area contributed by atoms with E-state index in [1.807, 2.05) is 18.2 Å². The molecule has 1 aromatic heterocycles. The molecule has 0 saturated heterocycles. The Kier molecular flexibility index (Phi) is 6.28. The van der Waals surface area contributed by atoms with E-state index in [1.54, 1.807) is 13.2 Å². The maximum absolute atomic E-state index is 12.4. The van der Waals surface area contributed by atoms with E-state index in [4.69, 9.17) is 13.9 Å². The molecular weight excluding hydrogens is 334 g/mol. The molecule has 1 fully saturated rings. The van der Waals surface area contributed by atoms with Crippen molar-refractivity contribution in [1.82, 2.24) is 5.32 Å². The molecule has 26 heavy (non-hydrogen) atoms. The molecule has 6 nitrogen and oxygen atoms in total. The van der Waals surface area contributed by atoms with Crippen molar-refractivity contribution < 1.29 is 23.5 Å². The lowest BCUT2D eigenvalue weighted by molar-refractivity contribution is -0.125. The highest BCUT2D eigenvalue weighted by Gasteiger charge is 2.23. The number of hydrogen-bond donors (Lipinski definition) is 1. The fourth-order valence-corrected chi connectivity index (χ4v) is 3.44. The van der Waals surface area contributed by atoms with E-state index < -0.39 is 5.97 Å². The highest BCUT2D eigenvalue weighted by Crippen LogP contribution is 2.27. The van der Waals surface area contributed by atoms with E-state index in [2.05, 4.69) is 5.32 Å². The molecule has 6 heteroatoms. The Hall–Kier alpha value is -2.34. The quantitative estimate of drug-likeness (QED) is 0.630. The van der Waals surface area contributed by atoms with Crippen LogP contribution >= 0.6 is 0 Å². The summed E-state index contributed by atoms with van der Waals surface area (Å²) >= 11 is 0. The fourth-order valence-electron chi connectivity index (χ4n) is 3.44. The molecule has 1 saturated carbocycles. The van der Waals surface area contributed by atoms with Crippen LogP contribution in [0.2, 0.25) is 0 Å². The van der Waals surface area contributed by atoms with Crippen molar-refractivity contribution in [3.05, 3.63) is 35.6 Å². The Bertz CT molecular complexity index is 759. The molecule has 3 rings (SSSR count). The van der Waals surface area contributed by atoms with Gasteiger partial charge in [0, 0.05) is 24.1 Å². The number of furan rings is 1. The molecule has 1 heterocycles. The Labute approximate surface area is 152 Å². The molecule has 0 aliphatic heterocycles. The van der Waals surface area contributed by atoms with Crippen LogP contribution in [0, 0.1) is 0 Å². The predicted molar refractivity (Wildman–Crippen MR) is 96.8 cm³/mol. The molecule has 2 aromatic rings. The van der Waals surface area contributed by atoms with E-state index in [1.165, 1.54) is 12.8 Å². The van der Waals surface area contributed by atoms with Gasteiger partial charge in [-0.25, -0.2) is 4.79 Å². The van der Waals surface area contributed by atoms with Gasteiger partial charge < -0.3 is 19.2 Å². The van der Waals surface area contributed by atoms with Gasteiger partial charge >= 0.3 is 5.97 Å². The summed E-state index contributed by atoms with van der Waals surface area (Å²) in [5.41, 5.74) is 1.23. The van der Waals surface area contributed by atoms with Gasteiger partial charge in [-0.2, -0.15) is 0 Å². The van der Waals surface area contributed by atoms with Crippen LogP contribution < -0.4 is 5.32 Å². The fraction of sp³-hybridized carbons (Fsp3) is 0.500. The van der Waals surface area contributed by atoms with Crippen LogP contribution in [-0.4, -0.2) is 31.6 Å². The lowest BCUT2D eigenvalue weighted by Crippen LogP contribution is -2.37. The van der Waals surface area contributed by atoms with E-state index in [-0.39, 0.29) is 30.9 Å². The van der Waals surface area contributed by atoms with Crippen LogP contribution in [0.5, 0.6) is 0 Å². The topological polar surface area (TPSA) is 77.8 Å². The predicted octanol–water partition coefficient (Wildman–Crippen LogP) is 3.58. The van der Waals surface area contributed by atoms with Crippen molar-refractivity contribution in [2.45, 2.75) is 51.2 Å². The van der Waals surface area contributed by atoms with Crippen LogP contribution in [0.15, 0.2) is 28.7 Å². The molecule has 140 valence electrons. The normalized spacial score (nSPS) is 15.6. The van der Waals surface area contributed by atoms with Gasteiger partial charge in [0.25, 0.3) is 5.91 Å². The number of carbonyl (C=O) groups is 2. The molecule has 0 spiro atoms. The summed E-state index contributed by atoms with van der Waals surface area (Å²) in [4.78, 5) is 24.5. The van der Waals surface area contributed by atoms with E-state index >= 15 is 0 Å². The summed E-state index contributed by atoms with van der Waals surface area (Å²) in [5.74, 6) is -0.825. The Morgan fingerprint density at radius 3 is 2.62 bits per heavy atom. The zero-order valence-corrected chi connectivity index (χ0v) is 15.1. The van der Waals surface area contributed by atoms with Crippen molar-refractivity contribution in [1.29, 1.82) is 0 Å². The number of amides is 1. The highest BCUT2D eigenvalue weighted by atomic mass is 16.5. The number of hydrogen-bond acceptors (Lipinski definition) is 5. The van der Waals surface area contributed by atoms with Crippen molar-refractivity contribution in [2.75, 3.05) is 13.7 Å². The number of fused-ring (bicyclic) bond motifs is 1. The minimum absolute atomic E-state index is 0.0929. The maximum Gasteiger partial charge on any atom is 0.375 e. The summed E-state index contributed by atoms with van der Waals surface area (Å²) in [7, 11) is 1.55. The third-order valence-electron chi connectivity index (χ3n) is 4.73. The zero-order valence-electron chi connectivity index (χ0n) is 15.1. The van der Waals surface area contributed by atoms with Crippen molar-refractivity contribution in [2.24, 2.45) is 0 Å². The Morgan fingerprint density at radius 1 is 1.15 bits per heavy atom. The highest BCUT2D eigenvalue weighted by molar-refractivity contribution is 5.96. The van der Waals surface area contributed by atoms with Crippen molar-refractivity contribution in [3.63, 3.8) is 0 Å². The van der Waals surface area contributed by atoms with Crippen molar-refractivity contribution >= 4 is 22.8 Å². The van der Waals surface area contributed by atoms with Gasteiger partial charge in [0.1, 0.15) is 5.58 Å². The molecule has 0 radical (unpaired) electrons. The number of carbonyl (C=O) groups excluding carboxylic acids is 2. The molecule has 1 N–H and O–H groups in total. The molecule has 1 amide bonds. The van der Waals surface area contributed by atoms with Crippen LogP contribution in [0.25, 0.3) is 11.0 Å². The van der Waals surface area contributed by atoms with Gasteiger partial charge in [-0.15, -0.1) is 0 Å². The van der Waals surface area contributed by atoms with Gasteiger partial charge in [-0.3, -0.25) is 4.79 Å². The molecule has 1 aromatic carbocycles. The number of esters is 1. The summed E-state index contributed by atoms with van der Waals surface area (Å²) in [6.07, 6.45) is 6.67. The number of methoxy groups -OCH3 is 1. The van der Waals surface area contributed by atoms with Crippen LogP contribution in [0.4, 0.5) is 0 Å². The molecule has 0 unspecified atom stereocenters. The third-order valence-corrected chi connectivity index (χ3v) is 4.73. The van der Waals surface area contributed by atoms with Gasteiger partial charge in [-0.05, 0) is 18.9 Å². The molecule has 1 aliphatic carbocycles. The summed E-state index contributed by atoms with van der Waals surface area (Å²) in [6.45, 7) is -0.0749. The first-order valence-corrected chi connectivity index (χ1v) is 9.15. The second kappa shape index (κ2) is 8.85. The molecule has 0 bridgehead atoms. The third kappa shape index (κ3) is 4.43. The summed E-state index contributed by atoms with van der Waals surface area (Å²) in [5, 5.41) is 3.77. The number of rotatable bonds is 6. The monoisotopic (exact) mass is 359 g/mol. The van der Waals surface area contributed by atoms with Crippen molar-refractivity contribution in [3.8, 4) is 0 Å². The number of para-hydroxylation sites is 1. The van der Waals surface area contributed by atoms with Gasteiger partial charge in [0.05, 0.1) is 6.61 Å². The van der Waals surface area contributed by atoms with Crippen LogP contribution in [0.3, 0.4) is 0 Å². The van der Waals surface area contributed by atoms with Gasteiger partial charge in [0.15, 0.2) is 6.61 Å². The number of ether oxygens (including phenoxy) is 2. The minimum Gasteiger partial charge on any atom is -0.450 e. The minimum atomic E-state index is -0.649. The SMILES string of the molecule is COCc1c(C(=O)OCC(=O)NC2CCCCCC2)oc2ccccc12. The lowest BCUT2D eigenvalue weighted by Gasteiger charge is -2.16. The average molecular weight is 359 g/mol. The van der Waals surface area contributed by atoms with E-state index in [0.29, 0.717) is 11.1 Å². The Balaban J connectivity index is 1.61. The van der Waals surface area contributed by atoms with E-state index in [9.17, 15) is 9.59 Å². The first-order valence-electron chi connectivity index (χ1n) is 9.15. The van der Waals surface area contributed by atoms with Gasteiger partial charge in [-0.1, -0.05) is 43.9 Å². The first kappa shape index (κ1) is 18.5. The molecular formula is C20H25NO5. The second-order valence-electron chi connectivity index (χ2n) is 6.67.